The van der Waals surface area contributed by atoms with E-state index in [1.54, 1.807) is 6.20 Å². The molecule has 27 heavy (non-hydrogen) atoms. The number of hydrogen-bond donors (Lipinski definition) is 0. The van der Waals surface area contributed by atoms with Crippen molar-refractivity contribution in [3.63, 3.8) is 0 Å². The fourth-order valence-electron chi connectivity index (χ4n) is 3.58. The molecule has 1 aromatic heterocycles. The van der Waals surface area contributed by atoms with E-state index in [0.29, 0.717) is 29.5 Å². The number of carbonyl (C=O) groups is 1. The van der Waals surface area contributed by atoms with Gasteiger partial charge >= 0.3 is 0 Å². The van der Waals surface area contributed by atoms with Crippen molar-refractivity contribution in [2.45, 2.75) is 38.6 Å². The summed E-state index contributed by atoms with van der Waals surface area (Å²) in [6.45, 7) is 2.11. The number of aromatic nitrogens is 1. The van der Waals surface area contributed by atoms with Crippen molar-refractivity contribution in [3.05, 3.63) is 71.2 Å². The highest BCUT2D eigenvalue weighted by molar-refractivity contribution is 6.30. The Balaban J connectivity index is 1.45. The van der Waals surface area contributed by atoms with Crippen LogP contribution in [0.15, 0.2) is 59.1 Å². The molecule has 1 amide bonds. The zero-order valence-electron chi connectivity index (χ0n) is 15.2. The van der Waals surface area contributed by atoms with E-state index in [-0.39, 0.29) is 11.9 Å². The average molecular weight is 381 g/mol. The summed E-state index contributed by atoms with van der Waals surface area (Å²) in [5, 5.41) is 0.681. The van der Waals surface area contributed by atoms with Gasteiger partial charge in [-0.2, -0.15) is 0 Å². The van der Waals surface area contributed by atoms with E-state index in [1.165, 1.54) is 5.56 Å². The molecule has 4 nitrogen and oxygen atoms in total. The fraction of sp³-hybridized carbons (Fsp3) is 0.273. The van der Waals surface area contributed by atoms with Crippen LogP contribution in [0.3, 0.4) is 0 Å². The largest absolute Gasteiger partial charge is 0.441 e. The van der Waals surface area contributed by atoms with Gasteiger partial charge in [0.1, 0.15) is 0 Å². The molecule has 2 aromatic carbocycles. The van der Waals surface area contributed by atoms with Crippen molar-refractivity contribution >= 4 is 23.2 Å². The van der Waals surface area contributed by atoms with Gasteiger partial charge in [-0.15, -0.1) is 0 Å². The minimum Gasteiger partial charge on any atom is -0.441 e. The van der Waals surface area contributed by atoms with Crippen LogP contribution in [-0.4, -0.2) is 16.9 Å². The molecule has 1 aliphatic heterocycles. The van der Waals surface area contributed by atoms with Gasteiger partial charge in [-0.3, -0.25) is 4.79 Å². The number of aryl methyl sites for hydroxylation is 2. The molecule has 4 rings (SSSR count). The van der Waals surface area contributed by atoms with Crippen molar-refractivity contribution in [3.8, 4) is 11.3 Å². The summed E-state index contributed by atoms with van der Waals surface area (Å²) in [5.74, 6) is 1.37. The van der Waals surface area contributed by atoms with Crippen molar-refractivity contribution in [1.82, 2.24) is 4.98 Å². The predicted octanol–water partition coefficient (Wildman–Crippen LogP) is 5.30. The Morgan fingerprint density at radius 2 is 2.00 bits per heavy atom. The van der Waals surface area contributed by atoms with Gasteiger partial charge in [0.05, 0.1) is 6.20 Å². The van der Waals surface area contributed by atoms with Crippen LogP contribution >= 0.6 is 11.6 Å². The minimum absolute atomic E-state index is 0.112. The lowest BCUT2D eigenvalue weighted by Gasteiger charge is -2.35. The molecule has 1 unspecified atom stereocenters. The maximum atomic E-state index is 12.9. The Morgan fingerprint density at radius 3 is 2.81 bits per heavy atom. The number of carbonyl (C=O) groups excluding carboxylic acids is 1. The Labute approximate surface area is 163 Å². The van der Waals surface area contributed by atoms with Crippen molar-refractivity contribution in [2.24, 2.45) is 0 Å². The van der Waals surface area contributed by atoms with Crippen LogP contribution in [0.4, 0.5) is 5.69 Å². The number of halogens is 1. The third-order valence-corrected chi connectivity index (χ3v) is 5.28. The summed E-state index contributed by atoms with van der Waals surface area (Å²) in [6.07, 6.45) is 4.56. The van der Waals surface area contributed by atoms with Crippen LogP contribution < -0.4 is 4.90 Å². The normalized spacial score (nSPS) is 16.2. The molecule has 2 heterocycles. The van der Waals surface area contributed by atoms with E-state index in [0.717, 1.165) is 24.1 Å². The quantitative estimate of drug-likeness (QED) is 0.617. The number of benzene rings is 2. The molecule has 0 aliphatic carbocycles. The second-order valence-corrected chi connectivity index (χ2v) is 7.34. The minimum atomic E-state index is 0.112. The SMILES string of the molecule is CC1CCc2ccccc2N1C(=O)CCc1ncc(-c2ccc(Cl)cc2)o1. The Morgan fingerprint density at radius 1 is 1.22 bits per heavy atom. The molecule has 0 fully saturated rings. The zero-order valence-corrected chi connectivity index (χ0v) is 15.9. The first-order valence-electron chi connectivity index (χ1n) is 9.22. The van der Waals surface area contributed by atoms with E-state index in [1.807, 2.05) is 47.4 Å². The highest BCUT2D eigenvalue weighted by atomic mass is 35.5. The molecule has 3 aromatic rings. The zero-order chi connectivity index (χ0) is 18.8. The summed E-state index contributed by atoms with van der Waals surface area (Å²) >= 11 is 5.92. The molecule has 0 saturated heterocycles. The van der Waals surface area contributed by atoms with Crippen LogP contribution in [0, 0.1) is 0 Å². The molecule has 5 heteroatoms. The van der Waals surface area contributed by atoms with Gasteiger partial charge < -0.3 is 9.32 Å². The van der Waals surface area contributed by atoms with Gasteiger partial charge in [-0.25, -0.2) is 4.98 Å². The topological polar surface area (TPSA) is 46.3 Å². The predicted molar refractivity (Wildman–Crippen MR) is 107 cm³/mol. The summed E-state index contributed by atoms with van der Waals surface area (Å²) in [4.78, 5) is 19.2. The summed E-state index contributed by atoms with van der Waals surface area (Å²) in [7, 11) is 0. The summed E-state index contributed by atoms with van der Waals surface area (Å²) < 4.78 is 5.82. The molecular weight excluding hydrogens is 360 g/mol. The summed E-state index contributed by atoms with van der Waals surface area (Å²) in [6, 6.07) is 15.8. The van der Waals surface area contributed by atoms with Gasteiger partial charge in [0.15, 0.2) is 11.7 Å². The third-order valence-electron chi connectivity index (χ3n) is 5.03. The van der Waals surface area contributed by atoms with E-state index >= 15 is 0 Å². The second-order valence-electron chi connectivity index (χ2n) is 6.91. The maximum absolute atomic E-state index is 12.9. The lowest BCUT2D eigenvalue weighted by atomic mass is 9.96. The van der Waals surface area contributed by atoms with Crippen LogP contribution in [0.1, 0.15) is 31.2 Å². The number of fused-ring (bicyclic) bond motifs is 1. The summed E-state index contributed by atoms with van der Waals surface area (Å²) in [5.41, 5.74) is 3.20. The molecule has 0 N–H and O–H groups in total. The molecule has 1 atom stereocenters. The average Bonchev–Trinajstić information content (AvgIpc) is 3.15. The van der Waals surface area contributed by atoms with E-state index in [9.17, 15) is 4.79 Å². The van der Waals surface area contributed by atoms with Crippen LogP contribution in [0.5, 0.6) is 0 Å². The molecule has 1 aliphatic rings. The van der Waals surface area contributed by atoms with Crippen LogP contribution in [0.25, 0.3) is 11.3 Å². The van der Waals surface area contributed by atoms with Gasteiger partial charge in [-0.1, -0.05) is 29.8 Å². The van der Waals surface area contributed by atoms with Gasteiger partial charge in [0.25, 0.3) is 0 Å². The van der Waals surface area contributed by atoms with Crippen molar-refractivity contribution in [1.29, 1.82) is 0 Å². The van der Waals surface area contributed by atoms with Crippen LogP contribution in [0.2, 0.25) is 5.02 Å². The molecule has 0 saturated carbocycles. The smallest absolute Gasteiger partial charge is 0.227 e. The van der Waals surface area contributed by atoms with Gasteiger partial charge in [-0.05, 0) is 55.7 Å². The number of anilines is 1. The molecular formula is C22H21ClN2O2. The second kappa shape index (κ2) is 7.57. The van der Waals surface area contributed by atoms with Gasteiger partial charge in [0, 0.05) is 35.2 Å². The molecule has 0 spiro atoms. The number of hydrogen-bond acceptors (Lipinski definition) is 3. The fourth-order valence-corrected chi connectivity index (χ4v) is 3.70. The standard InChI is InChI=1S/C22H21ClN2O2/c1-15-6-7-16-4-2-3-5-19(16)25(15)22(26)13-12-21-24-14-20(27-21)17-8-10-18(23)11-9-17/h2-5,8-11,14-15H,6-7,12-13H2,1H3. The number of nitrogens with zero attached hydrogens (tertiary/aromatic N) is 2. The Kier molecular flexibility index (Phi) is 4.99. The van der Waals surface area contributed by atoms with Crippen LogP contribution in [-0.2, 0) is 17.6 Å². The van der Waals surface area contributed by atoms with Crippen molar-refractivity contribution < 1.29 is 9.21 Å². The van der Waals surface area contributed by atoms with Crippen molar-refractivity contribution in [2.75, 3.05) is 4.90 Å². The first-order chi connectivity index (χ1) is 13.1. The molecule has 0 radical (unpaired) electrons. The maximum Gasteiger partial charge on any atom is 0.227 e. The van der Waals surface area contributed by atoms with E-state index in [2.05, 4.69) is 18.0 Å². The number of amides is 1. The monoisotopic (exact) mass is 380 g/mol. The first kappa shape index (κ1) is 17.8. The number of oxazole rings is 1. The lowest BCUT2D eigenvalue weighted by Crippen LogP contribution is -2.42. The number of para-hydroxylation sites is 1. The van der Waals surface area contributed by atoms with Gasteiger partial charge in [0.2, 0.25) is 5.91 Å². The highest BCUT2D eigenvalue weighted by Gasteiger charge is 2.27. The molecule has 0 bridgehead atoms. The Bertz CT molecular complexity index is 949. The Hall–Kier alpha value is -2.59. The van der Waals surface area contributed by atoms with E-state index in [4.69, 9.17) is 16.0 Å². The highest BCUT2D eigenvalue weighted by Crippen LogP contribution is 2.31. The third kappa shape index (κ3) is 3.76. The number of rotatable bonds is 4. The van der Waals surface area contributed by atoms with E-state index < -0.39 is 0 Å². The lowest BCUT2D eigenvalue weighted by molar-refractivity contribution is -0.119. The molecule has 138 valence electrons. The first-order valence-corrected chi connectivity index (χ1v) is 9.60.